The average Bonchev–Trinajstić information content (AvgIpc) is 3.30. The number of hydrogen-bond donors (Lipinski definition) is 0. The van der Waals surface area contributed by atoms with E-state index in [1.807, 2.05) is 6.07 Å². The van der Waals surface area contributed by atoms with Crippen molar-refractivity contribution in [2.45, 2.75) is 69.5 Å². The average molecular weight is 441 g/mol. The second kappa shape index (κ2) is 6.86. The van der Waals surface area contributed by atoms with Gasteiger partial charge in [-0.05, 0) is 57.3 Å². The van der Waals surface area contributed by atoms with Crippen LogP contribution in [-0.4, -0.2) is 68.2 Å². The molecular formula is C25H32N2O5. The van der Waals surface area contributed by atoms with E-state index in [-0.39, 0.29) is 29.5 Å². The van der Waals surface area contributed by atoms with Crippen molar-refractivity contribution in [1.29, 1.82) is 0 Å². The molecule has 7 heteroatoms. The van der Waals surface area contributed by atoms with Crippen molar-refractivity contribution in [1.82, 2.24) is 4.90 Å². The number of ether oxygens (including phenoxy) is 3. The third kappa shape index (κ3) is 2.35. The summed E-state index contributed by atoms with van der Waals surface area (Å²) >= 11 is 0. The van der Waals surface area contributed by atoms with Crippen LogP contribution in [-0.2, 0) is 19.7 Å². The molecule has 1 aliphatic carbocycles. The number of esters is 1. The molecular weight excluding hydrogens is 408 g/mol. The zero-order valence-electron chi connectivity index (χ0n) is 19.2. The molecule has 1 aromatic rings. The molecule has 172 valence electrons. The van der Waals surface area contributed by atoms with Crippen molar-refractivity contribution in [3.8, 4) is 11.5 Å². The van der Waals surface area contributed by atoms with Crippen molar-refractivity contribution in [3.63, 3.8) is 0 Å². The largest absolute Gasteiger partial charge is 0.493 e. The predicted molar refractivity (Wildman–Crippen MR) is 118 cm³/mol. The fourth-order valence-electron chi connectivity index (χ4n) is 7.98. The van der Waals surface area contributed by atoms with Crippen molar-refractivity contribution >= 4 is 17.4 Å². The van der Waals surface area contributed by atoms with Crippen LogP contribution < -0.4 is 14.4 Å². The van der Waals surface area contributed by atoms with Gasteiger partial charge < -0.3 is 19.1 Å². The van der Waals surface area contributed by atoms with Gasteiger partial charge in [-0.15, -0.1) is 0 Å². The fraction of sp³-hybridized carbons (Fsp3) is 0.680. The lowest BCUT2D eigenvalue weighted by Gasteiger charge is -2.58. The van der Waals surface area contributed by atoms with Crippen molar-refractivity contribution in [3.05, 3.63) is 17.7 Å². The second-order valence-electron chi connectivity index (χ2n) is 10.3. The van der Waals surface area contributed by atoms with Crippen LogP contribution in [0.15, 0.2) is 12.1 Å². The maximum atomic E-state index is 14.0. The first-order valence-electron chi connectivity index (χ1n) is 12.0. The minimum Gasteiger partial charge on any atom is -0.493 e. The zero-order chi connectivity index (χ0) is 22.3. The highest BCUT2D eigenvalue weighted by atomic mass is 16.5. The number of piperidine rings is 1. The zero-order valence-corrected chi connectivity index (χ0v) is 19.2. The molecule has 5 atom stereocenters. The molecule has 1 spiro atoms. The molecule has 0 amide bonds. The molecule has 7 nitrogen and oxygen atoms in total. The Morgan fingerprint density at radius 1 is 1.28 bits per heavy atom. The fourth-order valence-corrected chi connectivity index (χ4v) is 7.98. The van der Waals surface area contributed by atoms with Crippen molar-refractivity contribution in [2.24, 2.45) is 5.41 Å². The molecule has 0 bridgehead atoms. The van der Waals surface area contributed by atoms with E-state index in [0.29, 0.717) is 31.8 Å². The summed E-state index contributed by atoms with van der Waals surface area (Å²) in [7, 11) is 1.69. The summed E-state index contributed by atoms with van der Waals surface area (Å²) < 4.78 is 17.2. The molecule has 1 saturated carbocycles. The number of carbonyl (C=O) groups is 2. The van der Waals surface area contributed by atoms with Crippen molar-refractivity contribution < 1.29 is 23.8 Å². The summed E-state index contributed by atoms with van der Waals surface area (Å²) in [6.07, 6.45) is 4.11. The first kappa shape index (κ1) is 20.3. The van der Waals surface area contributed by atoms with Gasteiger partial charge in [-0.2, -0.15) is 0 Å². The topological polar surface area (TPSA) is 68.3 Å². The van der Waals surface area contributed by atoms with E-state index in [1.165, 1.54) is 12.5 Å². The SMILES string of the molecule is COc1ccc2c3c1OCC(C)N3C1CC(=O)C3(CCOC(C)=O)CCCN4CCC21C43. The first-order valence-corrected chi connectivity index (χ1v) is 12.0. The Morgan fingerprint density at radius 2 is 2.12 bits per heavy atom. The molecule has 4 aliphatic heterocycles. The molecule has 0 radical (unpaired) electrons. The molecule has 1 aromatic carbocycles. The number of fused-ring (bicyclic) bond motifs is 1. The predicted octanol–water partition coefficient (Wildman–Crippen LogP) is 2.68. The molecule has 5 unspecified atom stereocenters. The number of anilines is 1. The van der Waals surface area contributed by atoms with Gasteiger partial charge in [-0.25, -0.2) is 0 Å². The molecule has 6 rings (SSSR count). The quantitative estimate of drug-likeness (QED) is 0.667. The maximum absolute atomic E-state index is 14.0. The highest BCUT2D eigenvalue weighted by molar-refractivity contribution is 5.92. The van der Waals surface area contributed by atoms with Crippen LogP contribution in [0.3, 0.4) is 0 Å². The van der Waals surface area contributed by atoms with Gasteiger partial charge in [0, 0.05) is 36.3 Å². The standard InChI is InChI=1S/C25H32N2O5/c1-15-14-32-22-18(30-3)6-5-17-21(22)27(15)19-13-20(29)24(9-12-31-16(2)28)7-4-10-26-11-8-25(17,19)23(24)26/h5-6,15,19,23H,4,7-14H2,1-3H3. The molecule has 0 N–H and O–H groups in total. The summed E-state index contributed by atoms with van der Waals surface area (Å²) in [4.78, 5) is 30.5. The minimum absolute atomic E-state index is 0.108. The number of methoxy groups -OCH3 is 1. The molecule has 3 fully saturated rings. The van der Waals surface area contributed by atoms with Crippen molar-refractivity contribution in [2.75, 3.05) is 38.3 Å². The van der Waals surface area contributed by atoms with Crippen LogP contribution in [0.4, 0.5) is 5.69 Å². The Morgan fingerprint density at radius 3 is 2.91 bits per heavy atom. The van der Waals surface area contributed by atoms with E-state index < -0.39 is 5.41 Å². The van der Waals surface area contributed by atoms with Crippen LogP contribution in [0, 0.1) is 5.41 Å². The van der Waals surface area contributed by atoms with E-state index in [0.717, 1.165) is 49.5 Å². The summed E-state index contributed by atoms with van der Waals surface area (Å²) in [6, 6.07) is 4.76. The third-order valence-corrected chi connectivity index (χ3v) is 8.99. The molecule has 32 heavy (non-hydrogen) atoms. The Labute approximate surface area is 189 Å². The Bertz CT molecular complexity index is 995. The van der Waals surface area contributed by atoms with Crippen LogP contribution in [0.5, 0.6) is 11.5 Å². The van der Waals surface area contributed by atoms with Gasteiger partial charge in [0.2, 0.25) is 0 Å². The van der Waals surface area contributed by atoms with Gasteiger partial charge in [0.1, 0.15) is 12.4 Å². The van der Waals surface area contributed by atoms with Gasteiger partial charge in [0.25, 0.3) is 0 Å². The second-order valence-corrected chi connectivity index (χ2v) is 10.3. The van der Waals surface area contributed by atoms with E-state index in [9.17, 15) is 9.59 Å². The number of Topliss-reactive ketones (excluding diaryl/α,β-unsaturated/α-hetero) is 1. The lowest BCUT2D eigenvalue weighted by Crippen LogP contribution is -2.69. The summed E-state index contributed by atoms with van der Waals surface area (Å²) in [5.74, 6) is 1.67. The number of carbonyl (C=O) groups excluding carboxylic acids is 2. The Kier molecular flexibility index (Phi) is 4.36. The van der Waals surface area contributed by atoms with E-state index in [2.05, 4.69) is 22.8 Å². The lowest BCUT2D eigenvalue weighted by molar-refractivity contribution is -0.151. The minimum atomic E-state index is -0.452. The number of rotatable bonds is 4. The van der Waals surface area contributed by atoms with Gasteiger partial charge in [-0.3, -0.25) is 14.5 Å². The lowest BCUT2D eigenvalue weighted by atomic mass is 9.51. The van der Waals surface area contributed by atoms with Gasteiger partial charge in [0.05, 0.1) is 25.4 Å². The van der Waals surface area contributed by atoms with Gasteiger partial charge in [-0.1, -0.05) is 6.07 Å². The van der Waals surface area contributed by atoms with E-state index in [1.54, 1.807) is 7.11 Å². The highest BCUT2D eigenvalue weighted by Crippen LogP contribution is 2.67. The molecule has 5 aliphatic rings. The summed E-state index contributed by atoms with van der Waals surface area (Å²) in [6.45, 7) is 6.60. The third-order valence-electron chi connectivity index (χ3n) is 8.99. The molecule has 0 aromatic heterocycles. The van der Waals surface area contributed by atoms with Crippen LogP contribution >= 0.6 is 0 Å². The number of nitrogens with zero attached hydrogens (tertiary/aromatic N) is 2. The highest BCUT2D eigenvalue weighted by Gasteiger charge is 2.71. The van der Waals surface area contributed by atoms with Crippen LogP contribution in [0.25, 0.3) is 0 Å². The molecule has 4 heterocycles. The normalized spacial score (nSPS) is 36.8. The Hall–Kier alpha value is -2.28. The van der Waals surface area contributed by atoms with E-state index in [4.69, 9.17) is 14.2 Å². The number of benzene rings is 1. The Balaban J connectivity index is 1.53. The van der Waals surface area contributed by atoms with Crippen LogP contribution in [0.1, 0.15) is 51.5 Å². The monoisotopic (exact) mass is 440 g/mol. The van der Waals surface area contributed by atoms with Gasteiger partial charge in [0.15, 0.2) is 11.5 Å². The number of hydrogen-bond acceptors (Lipinski definition) is 7. The van der Waals surface area contributed by atoms with Gasteiger partial charge >= 0.3 is 5.97 Å². The first-order chi connectivity index (χ1) is 15.4. The number of ketones is 1. The van der Waals surface area contributed by atoms with Crippen LogP contribution in [0.2, 0.25) is 0 Å². The van der Waals surface area contributed by atoms with E-state index >= 15 is 0 Å². The summed E-state index contributed by atoms with van der Waals surface area (Å²) in [5, 5.41) is 0. The molecule has 2 saturated heterocycles. The maximum Gasteiger partial charge on any atom is 0.302 e. The smallest absolute Gasteiger partial charge is 0.302 e. The summed E-state index contributed by atoms with van der Waals surface area (Å²) in [5.41, 5.74) is 1.91.